The zero-order valence-electron chi connectivity index (χ0n) is 15.5. The summed E-state index contributed by atoms with van der Waals surface area (Å²) in [4.78, 5) is 16.5. The van der Waals surface area contributed by atoms with Crippen molar-refractivity contribution in [2.45, 2.75) is 19.6 Å². The second-order valence-corrected chi connectivity index (χ2v) is 6.94. The molecule has 1 aliphatic rings. The fraction of sp³-hybridized carbons (Fsp3) is 0.182. The lowest BCUT2D eigenvalue weighted by atomic mass is 10.0. The molecule has 29 heavy (non-hydrogen) atoms. The molecule has 1 N–H and O–H groups in total. The highest BCUT2D eigenvalue weighted by Crippen LogP contribution is 2.29. The van der Waals surface area contributed by atoms with Gasteiger partial charge in [0.05, 0.1) is 24.1 Å². The van der Waals surface area contributed by atoms with E-state index in [9.17, 15) is 9.18 Å². The van der Waals surface area contributed by atoms with E-state index in [1.54, 1.807) is 22.9 Å². The topological polar surface area (TPSA) is 69.3 Å². The van der Waals surface area contributed by atoms with Crippen LogP contribution in [0.2, 0.25) is 0 Å². The van der Waals surface area contributed by atoms with Crippen molar-refractivity contribution in [1.29, 1.82) is 0 Å². The lowest BCUT2D eigenvalue weighted by molar-refractivity contribution is 0.300. The van der Waals surface area contributed by atoms with E-state index in [0.29, 0.717) is 11.4 Å². The van der Waals surface area contributed by atoms with E-state index in [2.05, 4.69) is 10.3 Å². The molecule has 0 radical (unpaired) electrons. The number of pyridine rings is 2. The molecule has 0 unspecified atom stereocenters. The SMILES string of the molecule is O=c1cc(OCc2ccc(F)cn2)ccn1-c1ccc2c3c(oc2c1)CNCC3. The van der Waals surface area contributed by atoms with Gasteiger partial charge in [0.25, 0.3) is 5.56 Å². The molecule has 0 saturated heterocycles. The van der Waals surface area contributed by atoms with Crippen molar-refractivity contribution in [1.82, 2.24) is 14.9 Å². The minimum Gasteiger partial charge on any atom is -0.487 e. The monoisotopic (exact) mass is 391 g/mol. The van der Waals surface area contributed by atoms with Crippen molar-refractivity contribution in [2.75, 3.05) is 6.54 Å². The van der Waals surface area contributed by atoms with E-state index in [4.69, 9.17) is 9.15 Å². The number of benzene rings is 1. The molecular weight excluding hydrogens is 373 g/mol. The van der Waals surface area contributed by atoms with Gasteiger partial charge < -0.3 is 14.5 Å². The predicted molar refractivity (Wildman–Crippen MR) is 106 cm³/mol. The Morgan fingerprint density at radius 3 is 2.97 bits per heavy atom. The Balaban J connectivity index is 1.39. The minimum atomic E-state index is -0.401. The van der Waals surface area contributed by atoms with Crippen LogP contribution >= 0.6 is 0 Å². The molecule has 0 atom stereocenters. The lowest BCUT2D eigenvalue weighted by Crippen LogP contribution is -2.22. The molecule has 0 fully saturated rings. The quantitative estimate of drug-likeness (QED) is 0.578. The fourth-order valence-corrected chi connectivity index (χ4v) is 3.58. The number of furan rings is 1. The summed E-state index contributed by atoms with van der Waals surface area (Å²) in [6.07, 6.45) is 3.74. The van der Waals surface area contributed by atoms with E-state index < -0.39 is 5.82 Å². The minimum absolute atomic E-state index is 0.154. The molecule has 0 aliphatic carbocycles. The molecule has 5 rings (SSSR count). The first-order valence-corrected chi connectivity index (χ1v) is 9.39. The van der Waals surface area contributed by atoms with Crippen LogP contribution in [0.15, 0.2) is 64.1 Å². The van der Waals surface area contributed by atoms with Gasteiger partial charge in [-0.15, -0.1) is 0 Å². The van der Waals surface area contributed by atoms with Gasteiger partial charge in [0.1, 0.15) is 29.5 Å². The maximum Gasteiger partial charge on any atom is 0.258 e. The van der Waals surface area contributed by atoms with E-state index >= 15 is 0 Å². The van der Waals surface area contributed by atoms with Crippen molar-refractivity contribution < 1.29 is 13.5 Å². The third-order valence-corrected chi connectivity index (χ3v) is 5.04. The normalized spacial score (nSPS) is 13.4. The third-order valence-electron chi connectivity index (χ3n) is 5.04. The average Bonchev–Trinajstić information content (AvgIpc) is 3.11. The number of nitrogens with one attached hydrogen (secondary N) is 1. The summed E-state index contributed by atoms with van der Waals surface area (Å²) in [6.45, 7) is 1.83. The largest absolute Gasteiger partial charge is 0.487 e. The van der Waals surface area contributed by atoms with Crippen LogP contribution in [0, 0.1) is 5.82 Å². The molecule has 7 heteroatoms. The molecule has 1 aromatic carbocycles. The summed E-state index contributed by atoms with van der Waals surface area (Å²) < 4.78 is 26.0. The zero-order valence-corrected chi connectivity index (χ0v) is 15.5. The van der Waals surface area contributed by atoms with Crippen LogP contribution in [0.3, 0.4) is 0 Å². The Kier molecular flexibility index (Phi) is 4.37. The van der Waals surface area contributed by atoms with Gasteiger partial charge in [0, 0.05) is 29.3 Å². The molecule has 4 aromatic rings. The maximum absolute atomic E-state index is 12.9. The van der Waals surface area contributed by atoms with E-state index in [1.807, 2.05) is 18.2 Å². The van der Waals surface area contributed by atoms with Crippen molar-refractivity contribution in [2.24, 2.45) is 0 Å². The molecule has 0 spiro atoms. The average molecular weight is 391 g/mol. The highest BCUT2D eigenvalue weighted by Gasteiger charge is 2.17. The number of hydrogen-bond donors (Lipinski definition) is 1. The van der Waals surface area contributed by atoms with E-state index in [-0.39, 0.29) is 12.2 Å². The van der Waals surface area contributed by atoms with Gasteiger partial charge in [0.2, 0.25) is 0 Å². The van der Waals surface area contributed by atoms with Crippen molar-refractivity contribution in [3.8, 4) is 11.4 Å². The van der Waals surface area contributed by atoms with Gasteiger partial charge in [0.15, 0.2) is 0 Å². The Morgan fingerprint density at radius 2 is 2.14 bits per heavy atom. The molecule has 1 aliphatic heterocycles. The third kappa shape index (κ3) is 3.40. The lowest BCUT2D eigenvalue weighted by Gasteiger charge is -2.10. The van der Waals surface area contributed by atoms with Gasteiger partial charge in [-0.25, -0.2) is 4.39 Å². The molecule has 146 valence electrons. The Bertz CT molecular complexity index is 1240. The summed E-state index contributed by atoms with van der Waals surface area (Å²) in [5.74, 6) is 0.994. The van der Waals surface area contributed by atoms with Crippen molar-refractivity contribution >= 4 is 11.0 Å². The summed E-state index contributed by atoms with van der Waals surface area (Å²) in [6, 6.07) is 11.8. The van der Waals surface area contributed by atoms with E-state index in [0.717, 1.165) is 48.1 Å². The molecule has 3 aromatic heterocycles. The highest BCUT2D eigenvalue weighted by atomic mass is 19.1. The highest BCUT2D eigenvalue weighted by molar-refractivity contribution is 5.84. The smallest absolute Gasteiger partial charge is 0.258 e. The fourth-order valence-electron chi connectivity index (χ4n) is 3.58. The van der Waals surface area contributed by atoms with Crippen LogP contribution in [0.4, 0.5) is 4.39 Å². The second kappa shape index (κ2) is 7.18. The van der Waals surface area contributed by atoms with Crippen LogP contribution < -0.4 is 15.6 Å². The van der Waals surface area contributed by atoms with Crippen molar-refractivity contribution in [3.05, 3.63) is 88.0 Å². The van der Waals surface area contributed by atoms with Gasteiger partial charge in [-0.2, -0.15) is 0 Å². The Hall–Kier alpha value is -3.45. The molecule has 0 saturated carbocycles. The van der Waals surface area contributed by atoms with Gasteiger partial charge in [-0.3, -0.25) is 14.3 Å². The molecule has 0 amide bonds. The van der Waals surface area contributed by atoms with Crippen molar-refractivity contribution in [3.63, 3.8) is 0 Å². The predicted octanol–water partition coefficient (Wildman–Crippen LogP) is 3.34. The molecular formula is C22H18FN3O3. The number of ether oxygens (including phenoxy) is 1. The number of rotatable bonds is 4. The number of hydrogen-bond acceptors (Lipinski definition) is 5. The van der Waals surface area contributed by atoms with Crippen LogP contribution in [-0.4, -0.2) is 16.1 Å². The molecule has 0 bridgehead atoms. The van der Waals surface area contributed by atoms with Crippen LogP contribution in [-0.2, 0) is 19.6 Å². The second-order valence-electron chi connectivity index (χ2n) is 6.94. The number of nitrogens with zero attached hydrogens (tertiary/aromatic N) is 2. The Labute approximate surface area is 165 Å². The van der Waals surface area contributed by atoms with Crippen LogP contribution in [0.25, 0.3) is 16.7 Å². The van der Waals surface area contributed by atoms with Crippen LogP contribution in [0.1, 0.15) is 17.0 Å². The number of fused-ring (bicyclic) bond motifs is 3. The van der Waals surface area contributed by atoms with Gasteiger partial charge >= 0.3 is 0 Å². The first kappa shape index (κ1) is 17.6. The summed E-state index contributed by atoms with van der Waals surface area (Å²) in [5, 5.41) is 4.41. The van der Waals surface area contributed by atoms with Crippen LogP contribution in [0.5, 0.6) is 5.75 Å². The maximum atomic E-state index is 12.9. The van der Waals surface area contributed by atoms with E-state index in [1.165, 1.54) is 17.7 Å². The van der Waals surface area contributed by atoms with Gasteiger partial charge in [-0.1, -0.05) is 0 Å². The molecule has 6 nitrogen and oxygen atoms in total. The summed E-state index contributed by atoms with van der Waals surface area (Å²) >= 11 is 0. The summed E-state index contributed by atoms with van der Waals surface area (Å²) in [5.41, 5.74) is 3.12. The van der Waals surface area contributed by atoms with Gasteiger partial charge in [-0.05, 0) is 43.3 Å². The zero-order chi connectivity index (χ0) is 19.8. The summed E-state index contributed by atoms with van der Waals surface area (Å²) in [7, 11) is 0. The number of aromatic nitrogens is 2. The first-order valence-electron chi connectivity index (χ1n) is 9.39. The molecule has 4 heterocycles. The number of halogens is 1. The Morgan fingerprint density at radius 1 is 1.21 bits per heavy atom. The standard InChI is InChI=1S/C22H18FN3O3/c23-14-1-2-15(25-11-14)13-28-17-6-8-26(22(27)10-17)16-3-4-18-19-5-7-24-12-21(19)29-20(18)9-16/h1-4,6,8-11,24H,5,7,12-13H2. The first-order chi connectivity index (χ1) is 14.2.